The van der Waals surface area contributed by atoms with E-state index in [-0.39, 0.29) is 36.6 Å². The van der Waals surface area contributed by atoms with Crippen LogP contribution in [0.4, 0.5) is 0 Å². The molecule has 2 aromatic rings. The van der Waals surface area contributed by atoms with Crippen LogP contribution in [0.25, 0.3) is 0 Å². The molecule has 3 N–H and O–H groups in total. The second kappa shape index (κ2) is 8.01. The smallest absolute Gasteiger partial charge is 0.253 e. The molecule has 6 heteroatoms. The fourth-order valence-corrected chi connectivity index (χ4v) is 3.10. The number of carbonyl (C=O) groups excluding carboxylic acids is 2. The second-order valence-electron chi connectivity index (χ2n) is 6.49. The number of likely N-dealkylation sites (tertiary alicyclic amines) is 1. The Kier molecular flexibility index (Phi) is 5.53. The van der Waals surface area contributed by atoms with Crippen LogP contribution in [0.2, 0.25) is 0 Å². The van der Waals surface area contributed by atoms with Crippen LogP contribution in [0.1, 0.15) is 22.3 Å². The Morgan fingerprint density at radius 1 is 1.08 bits per heavy atom. The molecule has 26 heavy (non-hydrogen) atoms. The summed E-state index contributed by atoms with van der Waals surface area (Å²) in [5.41, 5.74) is 1.38. The number of aromatic hydroxyl groups is 1. The predicted molar refractivity (Wildman–Crippen MR) is 96.7 cm³/mol. The summed E-state index contributed by atoms with van der Waals surface area (Å²) >= 11 is 0. The third kappa shape index (κ3) is 4.40. The van der Waals surface area contributed by atoms with E-state index in [2.05, 4.69) is 5.32 Å². The van der Waals surface area contributed by atoms with E-state index in [9.17, 15) is 19.8 Å². The Labute approximate surface area is 152 Å². The van der Waals surface area contributed by atoms with Gasteiger partial charge in [-0.25, -0.2) is 0 Å². The van der Waals surface area contributed by atoms with Crippen LogP contribution < -0.4 is 5.32 Å². The lowest BCUT2D eigenvalue weighted by molar-refractivity contribution is -0.122. The molecule has 2 aromatic carbocycles. The van der Waals surface area contributed by atoms with Crippen LogP contribution >= 0.6 is 0 Å². The van der Waals surface area contributed by atoms with Crippen LogP contribution in [-0.4, -0.2) is 52.2 Å². The normalized spacial score (nSPS) is 19.8. The number of carbonyl (C=O) groups is 2. The number of amides is 2. The Morgan fingerprint density at radius 3 is 2.42 bits per heavy atom. The van der Waals surface area contributed by atoms with Gasteiger partial charge in [0.25, 0.3) is 5.91 Å². The highest BCUT2D eigenvalue weighted by Crippen LogP contribution is 2.15. The molecule has 136 valence electrons. The third-order valence-electron chi connectivity index (χ3n) is 4.54. The molecule has 1 fully saturated rings. The summed E-state index contributed by atoms with van der Waals surface area (Å²) in [6.07, 6.45) is -0.128. The van der Waals surface area contributed by atoms with E-state index >= 15 is 0 Å². The highest BCUT2D eigenvalue weighted by Gasteiger charge is 2.31. The van der Waals surface area contributed by atoms with Crippen molar-refractivity contribution in [2.45, 2.75) is 25.0 Å². The first kappa shape index (κ1) is 17.9. The van der Waals surface area contributed by atoms with Crippen LogP contribution in [0.5, 0.6) is 5.75 Å². The molecule has 6 nitrogen and oxygen atoms in total. The molecule has 1 heterocycles. The monoisotopic (exact) mass is 354 g/mol. The van der Waals surface area contributed by atoms with Crippen molar-refractivity contribution >= 4 is 11.8 Å². The number of rotatable bonds is 4. The summed E-state index contributed by atoms with van der Waals surface area (Å²) in [5, 5.41) is 22.5. The molecule has 1 aliphatic heterocycles. The van der Waals surface area contributed by atoms with Crippen LogP contribution in [-0.2, 0) is 11.2 Å². The van der Waals surface area contributed by atoms with E-state index in [4.69, 9.17) is 0 Å². The Bertz CT molecular complexity index is 761. The molecular formula is C20H22N2O4. The van der Waals surface area contributed by atoms with Gasteiger partial charge in [-0.15, -0.1) is 0 Å². The second-order valence-corrected chi connectivity index (χ2v) is 6.49. The predicted octanol–water partition coefficient (Wildman–Crippen LogP) is 1.33. The molecule has 0 radical (unpaired) electrons. The van der Waals surface area contributed by atoms with Gasteiger partial charge in [0.2, 0.25) is 5.91 Å². The lowest BCUT2D eigenvalue weighted by Gasteiger charge is -2.36. The van der Waals surface area contributed by atoms with E-state index in [1.54, 1.807) is 41.3 Å². The van der Waals surface area contributed by atoms with Crippen molar-refractivity contribution in [3.05, 3.63) is 65.7 Å². The molecule has 0 saturated carbocycles. The number of phenolic OH excluding ortho intramolecular Hbond substituents is 1. The highest BCUT2D eigenvalue weighted by atomic mass is 16.3. The van der Waals surface area contributed by atoms with Gasteiger partial charge in [-0.3, -0.25) is 9.59 Å². The standard InChI is InChI=1S/C20H22N2O4/c23-16-8-6-14(7-9-16)12-19(25)21-17-10-11-22(13-18(17)24)20(26)15-4-2-1-3-5-15/h1-9,17-18,23-24H,10-13H2,(H,21,25). The van der Waals surface area contributed by atoms with Gasteiger partial charge in [-0.2, -0.15) is 0 Å². The average Bonchev–Trinajstić information content (AvgIpc) is 2.65. The number of aliphatic hydroxyl groups excluding tert-OH is 1. The lowest BCUT2D eigenvalue weighted by Crippen LogP contribution is -2.55. The van der Waals surface area contributed by atoms with E-state index < -0.39 is 6.10 Å². The number of aliphatic hydroxyl groups is 1. The first-order valence-corrected chi connectivity index (χ1v) is 8.62. The molecule has 2 atom stereocenters. The first-order chi connectivity index (χ1) is 12.5. The minimum absolute atomic E-state index is 0.112. The van der Waals surface area contributed by atoms with Gasteiger partial charge >= 0.3 is 0 Å². The maximum atomic E-state index is 12.4. The minimum Gasteiger partial charge on any atom is -0.508 e. The van der Waals surface area contributed by atoms with E-state index in [0.717, 1.165) is 5.56 Å². The summed E-state index contributed by atoms with van der Waals surface area (Å²) in [7, 11) is 0. The van der Waals surface area contributed by atoms with Gasteiger partial charge in [0.15, 0.2) is 0 Å². The molecule has 0 bridgehead atoms. The van der Waals surface area contributed by atoms with Gasteiger partial charge < -0.3 is 20.4 Å². The number of β-amino-alcohol motifs (C(OH)–C–C–N with tert-alkyl or cyclic N) is 1. The van der Waals surface area contributed by atoms with Crippen molar-refractivity contribution in [2.24, 2.45) is 0 Å². The zero-order valence-corrected chi connectivity index (χ0v) is 14.3. The van der Waals surface area contributed by atoms with Crippen molar-refractivity contribution < 1.29 is 19.8 Å². The number of hydrogen-bond donors (Lipinski definition) is 3. The molecule has 2 amide bonds. The lowest BCUT2D eigenvalue weighted by atomic mass is 10.00. The topological polar surface area (TPSA) is 89.9 Å². The van der Waals surface area contributed by atoms with Gasteiger partial charge in [-0.05, 0) is 36.2 Å². The van der Waals surface area contributed by atoms with Gasteiger partial charge in [0.1, 0.15) is 5.75 Å². The quantitative estimate of drug-likeness (QED) is 0.773. The van der Waals surface area contributed by atoms with E-state index in [1.165, 1.54) is 12.1 Å². The van der Waals surface area contributed by atoms with Crippen LogP contribution in [0.3, 0.4) is 0 Å². The van der Waals surface area contributed by atoms with Crippen molar-refractivity contribution in [1.29, 1.82) is 0 Å². The highest BCUT2D eigenvalue weighted by molar-refractivity contribution is 5.94. The zero-order valence-electron chi connectivity index (χ0n) is 14.3. The summed E-state index contributed by atoms with van der Waals surface area (Å²) in [4.78, 5) is 26.2. The van der Waals surface area contributed by atoms with Crippen molar-refractivity contribution in [3.8, 4) is 5.75 Å². The number of nitrogens with zero attached hydrogens (tertiary/aromatic N) is 1. The van der Waals surface area contributed by atoms with Gasteiger partial charge in [0.05, 0.1) is 18.6 Å². The number of hydrogen-bond acceptors (Lipinski definition) is 4. The summed E-state index contributed by atoms with van der Waals surface area (Å²) in [6.45, 7) is 0.673. The summed E-state index contributed by atoms with van der Waals surface area (Å²) < 4.78 is 0. The number of nitrogens with one attached hydrogen (secondary N) is 1. The Balaban J connectivity index is 1.53. The van der Waals surface area contributed by atoms with Crippen molar-refractivity contribution in [3.63, 3.8) is 0 Å². The van der Waals surface area contributed by atoms with E-state index in [0.29, 0.717) is 18.5 Å². The molecular weight excluding hydrogens is 332 g/mol. The molecule has 0 aromatic heterocycles. The zero-order chi connectivity index (χ0) is 18.5. The molecule has 1 aliphatic rings. The Hall–Kier alpha value is -2.86. The number of phenols is 1. The number of benzene rings is 2. The minimum atomic E-state index is -0.805. The molecule has 3 rings (SSSR count). The average molecular weight is 354 g/mol. The molecule has 2 unspecified atom stereocenters. The molecule has 0 aliphatic carbocycles. The van der Waals surface area contributed by atoms with Gasteiger partial charge in [-0.1, -0.05) is 30.3 Å². The largest absolute Gasteiger partial charge is 0.508 e. The van der Waals surface area contributed by atoms with Gasteiger partial charge in [0, 0.05) is 18.7 Å². The van der Waals surface area contributed by atoms with Crippen LogP contribution in [0, 0.1) is 0 Å². The maximum Gasteiger partial charge on any atom is 0.253 e. The maximum absolute atomic E-state index is 12.4. The third-order valence-corrected chi connectivity index (χ3v) is 4.54. The van der Waals surface area contributed by atoms with Crippen molar-refractivity contribution in [1.82, 2.24) is 10.2 Å². The van der Waals surface area contributed by atoms with E-state index in [1.807, 2.05) is 6.07 Å². The first-order valence-electron chi connectivity index (χ1n) is 8.62. The fraction of sp³-hybridized carbons (Fsp3) is 0.300. The molecule has 0 spiro atoms. The molecule has 1 saturated heterocycles. The number of piperidine rings is 1. The summed E-state index contributed by atoms with van der Waals surface area (Å²) in [5.74, 6) is -0.152. The fourth-order valence-electron chi connectivity index (χ4n) is 3.10. The van der Waals surface area contributed by atoms with Crippen molar-refractivity contribution in [2.75, 3.05) is 13.1 Å². The SMILES string of the molecule is O=C(Cc1ccc(O)cc1)NC1CCN(C(=O)c2ccccc2)CC1O. The summed E-state index contributed by atoms with van der Waals surface area (Å²) in [6, 6.07) is 15.0. The Morgan fingerprint density at radius 2 is 1.77 bits per heavy atom. The van der Waals surface area contributed by atoms with Crippen LogP contribution in [0.15, 0.2) is 54.6 Å².